The van der Waals surface area contributed by atoms with Gasteiger partial charge in [-0.25, -0.2) is 9.13 Å². The summed E-state index contributed by atoms with van der Waals surface area (Å²) in [5, 5.41) is 10.7. The number of unbranched alkanes of at least 4 members (excludes halogenated alkanes) is 19. The highest BCUT2D eigenvalue weighted by atomic mass is 31.2. The summed E-state index contributed by atoms with van der Waals surface area (Å²) in [6.07, 6.45) is 95.8. The monoisotopic (exact) mass is 1550 g/mol. The first-order valence-electron chi connectivity index (χ1n) is 41.0. The Kier molecular flexibility index (Phi) is 75.0. The number of hydrogen-bond acceptors (Lipinski definition) is 15. The number of aliphatic hydroxyl groups excluding tert-OH is 1. The first kappa shape index (κ1) is 102. The molecule has 0 rings (SSSR count). The lowest BCUT2D eigenvalue weighted by atomic mass is 10.1. The van der Waals surface area contributed by atoms with E-state index in [9.17, 15) is 43.2 Å². The number of phosphoric acid groups is 2. The van der Waals surface area contributed by atoms with Crippen LogP contribution >= 0.6 is 15.6 Å². The van der Waals surface area contributed by atoms with E-state index in [1.54, 1.807) is 0 Å². The van der Waals surface area contributed by atoms with Crippen LogP contribution in [0.5, 0.6) is 0 Å². The van der Waals surface area contributed by atoms with Crippen LogP contribution in [0.25, 0.3) is 0 Å². The van der Waals surface area contributed by atoms with Gasteiger partial charge in [-0.15, -0.1) is 0 Å². The molecule has 0 amide bonds. The minimum atomic E-state index is -5.00. The summed E-state index contributed by atoms with van der Waals surface area (Å²) in [6.45, 7) is 4.31. The SMILES string of the molecule is CC/C=C\C/C=C\C/C=C\C/C=C\CCCCCCCCC(=O)OCC(COP(=O)(O)OCC(O)COP(=O)(O)OCC(COC(=O)CCCCCCCCC/C=C\C/C=C\C/C=C\CC)OC(=O)CCCC/C=C\C/C=C\C/C=C\C/C=C\CC)OC(=O)CCCCCC/C=C\C/C=C\C/C=C\C/C=C\CC. The van der Waals surface area contributed by atoms with Gasteiger partial charge < -0.3 is 33.8 Å². The van der Waals surface area contributed by atoms with E-state index in [-0.39, 0.29) is 25.7 Å². The zero-order valence-electron chi connectivity index (χ0n) is 66.9. The smallest absolute Gasteiger partial charge is 0.462 e. The van der Waals surface area contributed by atoms with Gasteiger partial charge in [-0.2, -0.15) is 0 Å². The fourth-order valence-corrected chi connectivity index (χ4v) is 11.8. The van der Waals surface area contributed by atoms with Crippen molar-refractivity contribution in [3.63, 3.8) is 0 Å². The molecule has 0 aliphatic heterocycles. The Labute approximate surface area is 654 Å². The molecule has 0 aliphatic carbocycles. The van der Waals surface area contributed by atoms with Crippen molar-refractivity contribution in [3.05, 3.63) is 182 Å². The Balaban J connectivity index is 5.46. The molecule has 5 atom stereocenters. The van der Waals surface area contributed by atoms with Gasteiger partial charge in [0, 0.05) is 25.7 Å². The number of hydrogen-bond donors (Lipinski definition) is 3. The Bertz CT molecular complexity index is 2760. The summed E-state index contributed by atoms with van der Waals surface area (Å²) in [5.74, 6) is -2.29. The molecule has 0 spiro atoms. The third-order valence-corrected chi connectivity index (χ3v) is 18.3. The molecule has 108 heavy (non-hydrogen) atoms. The van der Waals surface area contributed by atoms with Crippen LogP contribution in [0.2, 0.25) is 0 Å². The number of ether oxygens (including phenoxy) is 4. The first-order chi connectivity index (χ1) is 52.7. The Morgan fingerprint density at radius 1 is 0.259 bits per heavy atom. The van der Waals surface area contributed by atoms with Crippen molar-refractivity contribution in [2.24, 2.45) is 0 Å². The molecule has 0 saturated heterocycles. The predicted molar refractivity (Wildman–Crippen MR) is 445 cm³/mol. The maximum atomic E-state index is 13.1. The Morgan fingerprint density at radius 2 is 0.454 bits per heavy atom. The van der Waals surface area contributed by atoms with Gasteiger partial charge in [0.05, 0.1) is 26.4 Å². The second kappa shape index (κ2) is 79.3. The van der Waals surface area contributed by atoms with Crippen LogP contribution in [0.1, 0.15) is 297 Å². The molecule has 0 bridgehead atoms. The summed E-state index contributed by atoms with van der Waals surface area (Å²) >= 11 is 0. The van der Waals surface area contributed by atoms with E-state index in [0.717, 1.165) is 212 Å². The fraction of sp³-hybridized carbons (Fsp3) is 0.618. The van der Waals surface area contributed by atoms with E-state index in [2.05, 4.69) is 210 Å². The maximum absolute atomic E-state index is 13.1. The second-order valence-electron chi connectivity index (χ2n) is 26.5. The molecule has 0 aromatic heterocycles. The van der Waals surface area contributed by atoms with E-state index in [1.807, 2.05) is 0 Å². The van der Waals surface area contributed by atoms with Crippen molar-refractivity contribution in [1.82, 2.24) is 0 Å². The van der Waals surface area contributed by atoms with E-state index in [4.69, 9.17) is 37.0 Å². The van der Waals surface area contributed by atoms with Crippen molar-refractivity contribution >= 4 is 39.5 Å². The van der Waals surface area contributed by atoms with Gasteiger partial charge in [0.2, 0.25) is 0 Å². The lowest BCUT2D eigenvalue weighted by Crippen LogP contribution is -2.30. The van der Waals surface area contributed by atoms with E-state index in [1.165, 1.54) is 0 Å². The van der Waals surface area contributed by atoms with Crippen molar-refractivity contribution in [3.8, 4) is 0 Å². The van der Waals surface area contributed by atoms with Crippen molar-refractivity contribution in [2.75, 3.05) is 39.6 Å². The minimum absolute atomic E-state index is 0.0334. The average molecular weight is 1550 g/mol. The summed E-state index contributed by atoms with van der Waals surface area (Å²) in [6, 6.07) is 0. The molecule has 0 aromatic rings. The third kappa shape index (κ3) is 78.3. The number of rotatable bonds is 75. The molecule has 0 radical (unpaired) electrons. The average Bonchev–Trinajstić information content (AvgIpc) is 0.906. The van der Waals surface area contributed by atoms with Crippen LogP contribution in [0, 0.1) is 0 Å². The summed E-state index contributed by atoms with van der Waals surface area (Å²) < 4.78 is 68.7. The Hall–Kier alpha value is -5.84. The van der Waals surface area contributed by atoms with Crippen LogP contribution in [-0.2, 0) is 65.4 Å². The quantitative estimate of drug-likeness (QED) is 0.0169. The summed E-state index contributed by atoms with van der Waals surface area (Å²) in [5.41, 5.74) is 0. The minimum Gasteiger partial charge on any atom is -0.462 e. The number of carbonyl (C=O) groups is 4. The van der Waals surface area contributed by atoms with Gasteiger partial charge in [0.1, 0.15) is 19.3 Å². The second-order valence-corrected chi connectivity index (χ2v) is 29.4. The first-order valence-corrected chi connectivity index (χ1v) is 44.0. The molecule has 612 valence electrons. The molecule has 5 unspecified atom stereocenters. The van der Waals surface area contributed by atoms with Gasteiger partial charge in [-0.3, -0.25) is 37.3 Å². The summed E-state index contributed by atoms with van der Waals surface area (Å²) in [7, 11) is -10.0. The number of carbonyl (C=O) groups excluding carboxylic acids is 4. The molecule has 0 heterocycles. The molecular weight excluding hydrogens is 1400 g/mol. The van der Waals surface area contributed by atoms with E-state index >= 15 is 0 Å². The topological polar surface area (TPSA) is 237 Å². The number of allylic oxidation sites excluding steroid dienone is 30. The van der Waals surface area contributed by atoms with E-state index < -0.39 is 97.5 Å². The predicted octanol–water partition coefficient (Wildman–Crippen LogP) is 24.3. The maximum Gasteiger partial charge on any atom is 0.472 e. The standard InChI is InChI=1S/C89H144O17P2/c1-5-9-13-17-21-25-29-33-37-40-41-44-47-50-54-58-62-66-70-74-87(92)100-80-85(106-89(94)76-72-68-64-60-56-52-48-43-39-35-31-27-23-19-15-11-7-3)82-104-108(97,98)102-78-83(90)77-101-107(95,96)103-81-84(105-88(93)75-71-67-63-59-55-51-45-36-32-28-24-20-16-12-8-4)79-99-86(91)73-69-65-61-57-53-49-46-42-38-34-30-26-22-18-14-10-6-2/h9-16,21-28,33-39,41,44-45,48,52,55,59,83-85,90H,5-8,17-20,29-32,40,42-43,46-47,49-51,53-54,56-58,60-82H2,1-4H3,(H,95,96)(H,97,98)/b13-9-,14-10-,15-11-,16-12-,25-21-,26-22-,27-23-,28-24-,37-33-,38-34-,39-35-,44-41-,45-36-,52-48-,59-55-. The van der Waals surface area contributed by atoms with Crippen LogP contribution < -0.4 is 0 Å². The molecule has 0 aromatic carbocycles. The zero-order valence-corrected chi connectivity index (χ0v) is 68.7. The molecule has 3 N–H and O–H groups in total. The van der Waals surface area contributed by atoms with Gasteiger partial charge in [0.15, 0.2) is 12.2 Å². The van der Waals surface area contributed by atoms with Crippen LogP contribution in [0.15, 0.2) is 182 Å². The Morgan fingerprint density at radius 3 is 0.713 bits per heavy atom. The van der Waals surface area contributed by atoms with Crippen molar-refractivity contribution < 1.29 is 80.2 Å². The summed E-state index contributed by atoms with van der Waals surface area (Å²) in [4.78, 5) is 73.2. The molecular formula is C89H144O17P2. The van der Waals surface area contributed by atoms with Gasteiger partial charge in [0.25, 0.3) is 0 Å². The molecule has 0 saturated carbocycles. The van der Waals surface area contributed by atoms with Crippen LogP contribution in [0.4, 0.5) is 0 Å². The number of phosphoric ester groups is 2. The normalized spacial score (nSPS) is 14.8. The molecule has 0 fully saturated rings. The van der Waals surface area contributed by atoms with Crippen molar-refractivity contribution in [1.29, 1.82) is 0 Å². The van der Waals surface area contributed by atoms with Gasteiger partial charge in [-0.05, 0) is 173 Å². The highest BCUT2D eigenvalue weighted by Gasteiger charge is 2.30. The highest BCUT2D eigenvalue weighted by molar-refractivity contribution is 7.47. The number of aliphatic hydroxyl groups is 1. The lowest BCUT2D eigenvalue weighted by molar-refractivity contribution is -0.161. The zero-order chi connectivity index (χ0) is 78.9. The van der Waals surface area contributed by atoms with Crippen molar-refractivity contribution in [2.45, 2.75) is 316 Å². The fourth-order valence-electron chi connectivity index (χ4n) is 10.3. The van der Waals surface area contributed by atoms with Gasteiger partial charge in [-0.1, -0.05) is 281 Å². The molecule has 0 aliphatic rings. The highest BCUT2D eigenvalue weighted by Crippen LogP contribution is 2.45. The van der Waals surface area contributed by atoms with Crippen LogP contribution in [-0.4, -0.2) is 96.7 Å². The number of esters is 4. The molecule has 19 heteroatoms. The third-order valence-electron chi connectivity index (χ3n) is 16.4. The molecule has 17 nitrogen and oxygen atoms in total. The largest absolute Gasteiger partial charge is 0.472 e. The van der Waals surface area contributed by atoms with Gasteiger partial charge >= 0.3 is 39.5 Å². The lowest BCUT2D eigenvalue weighted by Gasteiger charge is -2.21. The van der Waals surface area contributed by atoms with Crippen LogP contribution in [0.3, 0.4) is 0 Å². The van der Waals surface area contributed by atoms with E-state index in [0.29, 0.717) is 32.1 Å².